The van der Waals surface area contributed by atoms with Gasteiger partial charge in [-0.3, -0.25) is 0 Å². The van der Waals surface area contributed by atoms with E-state index in [1.807, 2.05) is 12.5 Å². The van der Waals surface area contributed by atoms with Gasteiger partial charge in [-0.1, -0.05) is 31.2 Å². The van der Waals surface area contributed by atoms with Crippen LogP contribution in [0.1, 0.15) is 44.7 Å². The summed E-state index contributed by atoms with van der Waals surface area (Å²) in [6.07, 6.45) is 5.58. The lowest BCUT2D eigenvalue weighted by Crippen LogP contribution is -1.95. The Kier molecular flexibility index (Phi) is 9.08. The Labute approximate surface area is 134 Å². The van der Waals surface area contributed by atoms with E-state index in [4.69, 9.17) is 14.2 Å². The third kappa shape index (κ3) is 6.81. The van der Waals surface area contributed by atoms with Crippen molar-refractivity contribution < 1.29 is 14.2 Å². The number of methoxy groups -OCH3 is 1. The first-order chi connectivity index (χ1) is 10.7. The van der Waals surface area contributed by atoms with Crippen LogP contribution in [0.3, 0.4) is 0 Å². The molecular formula is C19H28O3. The van der Waals surface area contributed by atoms with Gasteiger partial charge < -0.3 is 14.2 Å². The molecule has 0 radical (unpaired) electrons. The summed E-state index contributed by atoms with van der Waals surface area (Å²) in [6, 6.07) is 8.44. The minimum absolute atomic E-state index is 0.680. The van der Waals surface area contributed by atoms with Crippen molar-refractivity contribution in [2.24, 2.45) is 0 Å². The molecular weight excluding hydrogens is 276 g/mol. The van der Waals surface area contributed by atoms with Gasteiger partial charge in [-0.05, 0) is 42.5 Å². The second-order valence-electron chi connectivity index (χ2n) is 5.27. The van der Waals surface area contributed by atoms with Crippen molar-refractivity contribution in [3.8, 4) is 0 Å². The lowest BCUT2D eigenvalue weighted by molar-refractivity contribution is 0.157. The van der Waals surface area contributed by atoms with Gasteiger partial charge in [0.15, 0.2) is 0 Å². The summed E-state index contributed by atoms with van der Waals surface area (Å²) >= 11 is 0. The minimum Gasteiger partial charge on any atom is -0.501 e. The average molecular weight is 304 g/mol. The molecule has 0 unspecified atom stereocenters. The summed E-state index contributed by atoms with van der Waals surface area (Å²) in [5.41, 5.74) is 4.59. The van der Waals surface area contributed by atoms with E-state index < -0.39 is 0 Å². The fourth-order valence-corrected chi connectivity index (χ4v) is 1.90. The molecule has 0 amide bonds. The predicted octanol–water partition coefficient (Wildman–Crippen LogP) is 4.89. The average Bonchev–Trinajstić information content (AvgIpc) is 2.54. The first-order valence-electron chi connectivity index (χ1n) is 7.85. The molecule has 0 atom stereocenters. The molecule has 0 aliphatic rings. The molecule has 122 valence electrons. The van der Waals surface area contributed by atoms with Crippen molar-refractivity contribution in [3.05, 3.63) is 47.9 Å². The molecule has 0 aliphatic heterocycles. The molecule has 1 aromatic carbocycles. The normalized spacial score (nSPS) is 12.4. The Morgan fingerprint density at radius 1 is 0.864 bits per heavy atom. The Balaban J connectivity index is 2.56. The summed E-state index contributed by atoms with van der Waals surface area (Å²) < 4.78 is 16.0. The van der Waals surface area contributed by atoms with E-state index in [2.05, 4.69) is 45.0 Å². The van der Waals surface area contributed by atoms with Gasteiger partial charge >= 0.3 is 0 Å². The molecule has 3 nitrogen and oxygen atoms in total. The maximum absolute atomic E-state index is 5.52. The van der Waals surface area contributed by atoms with Crippen LogP contribution in [0.15, 0.2) is 36.8 Å². The molecule has 0 spiro atoms. The zero-order chi connectivity index (χ0) is 16.2. The van der Waals surface area contributed by atoms with E-state index in [0.29, 0.717) is 6.61 Å². The van der Waals surface area contributed by atoms with E-state index in [1.165, 1.54) is 5.56 Å². The molecule has 0 saturated heterocycles. The van der Waals surface area contributed by atoms with Crippen LogP contribution < -0.4 is 0 Å². The molecule has 22 heavy (non-hydrogen) atoms. The third-order valence-electron chi connectivity index (χ3n) is 3.25. The second-order valence-corrected chi connectivity index (χ2v) is 5.27. The van der Waals surface area contributed by atoms with E-state index in [9.17, 15) is 0 Å². The SMILES string of the molecule is CCCO/C=C(\C)c1ccc(/C(C)=C/OCCCOC)cc1. The lowest BCUT2D eigenvalue weighted by atomic mass is 10.0. The van der Waals surface area contributed by atoms with Crippen molar-refractivity contribution in [2.45, 2.75) is 33.6 Å². The van der Waals surface area contributed by atoms with E-state index >= 15 is 0 Å². The molecule has 0 heterocycles. The number of hydrogen-bond donors (Lipinski definition) is 0. The van der Waals surface area contributed by atoms with E-state index in [-0.39, 0.29) is 0 Å². The Morgan fingerprint density at radius 3 is 1.82 bits per heavy atom. The van der Waals surface area contributed by atoms with Crippen molar-refractivity contribution in [2.75, 3.05) is 26.9 Å². The molecule has 0 aliphatic carbocycles. The number of rotatable bonds is 10. The van der Waals surface area contributed by atoms with E-state index in [0.717, 1.165) is 42.8 Å². The van der Waals surface area contributed by atoms with Crippen molar-refractivity contribution >= 4 is 11.1 Å². The lowest BCUT2D eigenvalue weighted by Gasteiger charge is -2.07. The summed E-state index contributed by atoms with van der Waals surface area (Å²) in [7, 11) is 1.70. The van der Waals surface area contributed by atoms with Gasteiger partial charge in [0.1, 0.15) is 0 Å². The zero-order valence-corrected chi connectivity index (χ0v) is 14.2. The van der Waals surface area contributed by atoms with Crippen molar-refractivity contribution in [1.82, 2.24) is 0 Å². The van der Waals surface area contributed by atoms with Gasteiger partial charge in [0.25, 0.3) is 0 Å². The highest BCUT2D eigenvalue weighted by atomic mass is 16.5. The van der Waals surface area contributed by atoms with Gasteiger partial charge in [-0.15, -0.1) is 0 Å². The van der Waals surface area contributed by atoms with Gasteiger partial charge in [0.05, 0.1) is 25.7 Å². The Hall–Kier alpha value is -1.74. The fraction of sp³-hybridized carbons (Fsp3) is 0.474. The number of hydrogen-bond acceptors (Lipinski definition) is 3. The van der Waals surface area contributed by atoms with Crippen molar-refractivity contribution in [3.63, 3.8) is 0 Å². The van der Waals surface area contributed by atoms with Crippen LogP contribution in [0, 0.1) is 0 Å². The van der Waals surface area contributed by atoms with Crippen LogP contribution in [-0.2, 0) is 14.2 Å². The maximum Gasteiger partial charge on any atom is 0.0895 e. The summed E-state index contributed by atoms with van der Waals surface area (Å²) in [6.45, 7) is 8.39. The first-order valence-corrected chi connectivity index (χ1v) is 7.85. The molecule has 3 heteroatoms. The van der Waals surface area contributed by atoms with Crippen LogP contribution in [0.4, 0.5) is 0 Å². The van der Waals surface area contributed by atoms with Crippen LogP contribution >= 0.6 is 0 Å². The molecule has 0 N–H and O–H groups in total. The van der Waals surface area contributed by atoms with Gasteiger partial charge in [-0.25, -0.2) is 0 Å². The number of benzene rings is 1. The van der Waals surface area contributed by atoms with Gasteiger partial charge in [0, 0.05) is 20.1 Å². The summed E-state index contributed by atoms with van der Waals surface area (Å²) in [5.74, 6) is 0. The highest BCUT2D eigenvalue weighted by Crippen LogP contribution is 2.19. The Bertz CT molecular complexity index is 472. The standard InChI is InChI=1S/C19H28O3/c1-5-11-21-14-16(2)18-7-9-19(10-8-18)17(3)15-22-13-6-12-20-4/h7-10,14-15H,5-6,11-13H2,1-4H3/b16-14+,17-15+. The second kappa shape index (κ2) is 10.9. The monoisotopic (exact) mass is 304 g/mol. The minimum atomic E-state index is 0.680. The van der Waals surface area contributed by atoms with Gasteiger partial charge in [-0.2, -0.15) is 0 Å². The first kappa shape index (κ1) is 18.3. The molecule has 0 fully saturated rings. The van der Waals surface area contributed by atoms with Crippen molar-refractivity contribution in [1.29, 1.82) is 0 Å². The summed E-state index contributed by atoms with van der Waals surface area (Å²) in [4.78, 5) is 0. The number of ether oxygens (including phenoxy) is 3. The molecule has 1 aromatic rings. The molecule has 0 bridgehead atoms. The van der Waals surface area contributed by atoms with E-state index in [1.54, 1.807) is 7.11 Å². The van der Waals surface area contributed by atoms with Gasteiger partial charge in [0.2, 0.25) is 0 Å². The topological polar surface area (TPSA) is 27.7 Å². The highest BCUT2D eigenvalue weighted by Gasteiger charge is 1.99. The largest absolute Gasteiger partial charge is 0.501 e. The quantitative estimate of drug-likeness (QED) is 0.455. The maximum atomic E-state index is 5.52. The van der Waals surface area contributed by atoms with Crippen LogP contribution in [0.2, 0.25) is 0 Å². The smallest absolute Gasteiger partial charge is 0.0895 e. The van der Waals surface area contributed by atoms with Crippen LogP contribution in [0.5, 0.6) is 0 Å². The molecule has 0 saturated carbocycles. The summed E-state index contributed by atoms with van der Waals surface area (Å²) in [5, 5.41) is 0. The molecule has 1 rings (SSSR count). The Morgan fingerprint density at radius 2 is 1.36 bits per heavy atom. The fourth-order valence-electron chi connectivity index (χ4n) is 1.90. The predicted molar refractivity (Wildman–Crippen MR) is 92.4 cm³/mol. The third-order valence-corrected chi connectivity index (χ3v) is 3.25. The molecule has 0 aromatic heterocycles. The highest BCUT2D eigenvalue weighted by molar-refractivity contribution is 5.68. The van der Waals surface area contributed by atoms with Crippen LogP contribution in [-0.4, -0.2) is 26.9 Å². The zero-order valence-electron chi connectivity index (χ0n) is 14.2. The van der Waals surface area contributed by atoms with Crippen LogP contribution in [0.25, 0.3) is 11.1 Å². The number of allylic oxidation sites excluding steroid dienone is 2.